The van der Waals surface area contributed by atoms with E-state index in [0.717, 1.165) is 37.4 Å². The van der Waals surface area contributed by atoms with E-state index in [0.29, 0.717) is 12.3 Å². The molecule has 0 spiro atoms. The molecule has 1 aliphatic heterocycles. The molecule has 3 nitrogen and oxygen atoms in total. The molecule has 0 radical (unpaired) electrons. The third-order valence-corrected chi connectivity index (χ3v) is 4.99. The van der Waals surface area contributed by atoms with E-state index < -0.39 is 0 Å². The van der Waals surface area contributed by atoms with Crippen molar-refractivity contribution in [3.05, 3.63) is 34.3 Å². The summed E-state index contributed by atoms with van der Waals surface area (Å²) in [7, 11) is 0. The maximum Gasteiger partial charge on any atom is 0.220 e. The highest BCUT2D eigenvalue weighted by molar-refractivity contribution is 6.30. The number of hydrogen-bond donors (Lipinski definition) is 2. The van der Waals surface area contributed by atoms with Crippen molar-refractivity contribution in [1.82, 2.24) is 10.6 Å². The summed E-state index contributed by atoms with van der Waals surface area (Å²) in [5.41, 5.74) is 2.53. The van der Waals surface area contributed by atoms with Gasteiger partial charge in [0.05, 0.1) is 6.04 Å². The van der Waals surface area contributed by atoms with Crippen molar-refractivity contribution in [2.45, 2.75) is 44.6 Å². The van der Waals surface area contributed by atoms with Gasteiger partial charge in [-0.25, -0.2) is 0 Å². The van der Waals surface area contributed by atoms with Crippen LogP contribution in [0.1, 0.15) is 49.3 Å². The third kappa shape index (κ3) is 3.78. The summed E-state index contributed by atoms with van der Waals surface area (Å²) in [6, 6.07) is 6.18. The quantitative estimate of drug-likeness (QED) is 0.897. The molecule has 4 heteroatoms. The number of amides is 1. The molecular formula is C17H23ClN2O. The first-order valence-electron chi connectivity index (χ1n) is 8.01. The molecule has 2 aliphatic rings. The van der Waals surface area contributed by atoms with Crippen LogP contribution in [0.3, 0.4) is 0 Å². The van der Waals surface area contributed by atoms with Crippen molar-refractivity contribution < 1.29 is 4.79 Å². The van der Waals surface area contributed by atoms with Crippen molar-refractivity contribution in [2.75, 3.05) is 13.1 Å². The Labute approximate surface area is 131 Å². The van der Waals surface area contributed by atoms with Crippen molar-refractivity contribution in [1.29, 1.82) is 0 Å². The normalized spacial score (nSPS) is 22.0. The average Bonchev–Trinajstić information content (AvgIpc) is 2.88. The molecule has 0 aromatic heterocycles. The third-order valence-electron chi connectivity index (χ3n) is 4.76. The Morgan fingerprint density at radius 2 is 2.10 bits per heavy atom. The summed E-state index contributed by atoms with van der Waals surface area (Å²) in [6.07, 6.45) is 6.10. The van der Waals surface area contributed by atoms with Gasteiger partial charge in [0.1, 0.15) is 0 Å². The van der Waals surface area contributed by atoms with E-state index in [-0.39, 0.29) is 11.9 Å². The number of nitrogens with one attached hydrogen (secondary N) is 2. The number of rotatable bonds is 4. The highest BCUT2D eigenvalue weighted by atomic mass is 35.5. The van der Waals surface area contributed by atoms with E-state index in [4.69, 9.17) is 11.6 Å². The summed E-state index contributed by atoms with van der Waals surface area (Å²) < 4.78 is 0. The van der Waals surface area contributed by atoms with Crippen LogP contribution < -0.4 is 10.6 Å². The van der Waals surface area contributed by atoms with Crippen LogP contribution in [0.25, 0.3) is 0 Å². The Hall–Kier alpha value is -1.06. The molecule has 3 rings (SSSR count). The van der Waals surface area contributed by atoms with Gasteiger partial charge >= 0.3 is 0 Å². The second-order valence-electron chi connectivity index (χ2n) is 6.23. The van der Waals surface area contributed by atoms with Crippen molar-refractivity contribution >= 4 is 17.5 Å². The summed E-state index contributed by atoms with van der Waals surface area (Å²) in [5, 5.41) is 7.35. The molecule has 1 heterocycles. The first-order valence-corrected chi connectivity index (χ1v) is 8.38. The molecule has 1 saturated heterocycles. The van der Waals surface area contributed by atoms with Gasteiger partial charge in [0.25, 0.3) is 0 Å². The second kappa shape index (κ2) is 6.80. The number of carbonyl (C=O) groups is 1. The number of benzene rings is 1. The maximum atomic E-state index is 12.2. The topological polar surface area (TPSA) is 41.1 Å². The molecule has 1 unspecified atom stereocenters. The molecule has 1 aromatic rings. The molecule has 1 atom stereocenters. The average molecular weight is 307 g/mol. The lowest BCUT2D eigenvalue weighted by molar-refractivity contribution is -0.122. The van der Waals surface area contributed by atoms with Crippen molar-refractivity contribution in [3.8, 4) is 0 Å². The summed E-state index contributed by atoms with van der Waals surface area (Å²) in [4.78, 5) is 12.2. The van der Waals surface area contributed by atoms with E-state index in [2.05, 4.69) is 16.7 Å². The van der Waals surface area contributed by atoms with Crippen LogP contribution in [0.4, 0.5) is 0 Å². The van der Waals surface area contributed by atoms with E-state index in [1.165, 1.54) is 24.0 Å². The Kier molecular flexibility index (Phi) is 4.81. The van der Waals surface area contributed by atoms with E-state index in [9.17, 15) is 4.79 Å². The number of hydrogen-bond acceptors (Lipinski definition) is 2. The molecule has 1 aliphatic carbocycles. The van der Waals surface area contributed by atoms with Crippen molar-refractivity contribution in [3.63, 3.8) is 0 Å². The molecule has 0 bridgehead atoms. The summed E-state index contributed by atoms with van der Waals surface area (Å²) in [5.74, 6) is 0.910. The Balaban J connectivity index is 1.50. The molecule has 0 saturated carbocycles. The van der Waals surface area contributed by atoms with Crippen molar-refractivity contribution in [2.24, 2.45) is 5.92 Å². The Bertz CT molecular complexity index is 512. The lowest BCUT2D eigenvalue weighted by Crippen LogP contribution is -2.30. The van der Waals surface area contributed by atoms with Gasteiger partial charge in [0, 0.05) is 11.4 Å². The van der Waals surface area contributed by atoms with Gasteiger partial charge in [-0.15, -0.1) is 0 Å². The smallest absolute Gasteiger partial charge is 0.220 e. The minimum atomic E-state index is 0.179. The number of piperidine rings is 1. The van der Waals surface area contributed by atoms with E-state index >= 15 is 0 Å². The maximum absolute atomic E-state index is 12.2. The van der Waals surface area contributed by atoms with Crippen LogP contribution in [-0.4, -0.2) is 19.0 Å². The number of carbonyl (C=O) groups excluding carboxylic acids is 1. The Morgan fingerprint density at radius 1 is 1.29 bits per heavy atom. The molecule has 21 heavy (non-hydrogen) atoms. The van der Waals surface area contributed by atoms with Crippen LogP contribution in [-0.2, 0) is 11.2 Å². The lowest BCUT2D eigenvalue weighted by atomic mass is 9.93. The predicted octanol–water partition coefficient (Wildman–Crippen LogP) is 3.22. The lowest BCUT2D eigenvalue weighted by Gasteiger charge is -2.22. The van der Waals surface area contributed by atoms with Crippen LogP contribution in [0.15, 0.2) is 18.2 Å². The fourth-order valence-corrected chi connectivity index (χ4v) is 3.70. The van der Waals surface area contributed by atoms with Gasteiger partial charge in [0.15, 0.2) is 0 Å². The monoisotopic (exact) mass is 306 g/mol. The zero-order valence-electron chi connectivity index (χ0n) is 12.3. The predicted molar refractivity (Wildman–Crippen MR) is 85.5 cm³/mol. The molecule has 1 aromatic carbocycles. The van der Waals surface area contributed by atoms with Crippen LogP contribution in [0, 0.1) is 5.92 Å². The molecular weight excluding hydrogens is 284 g/mol. The second-order valence-corrected chi connectivity index (χ2v) is 6.67. The molecule has 2 N–H and O–H groups in total. The summed E-state index contributed by atoms with van der Waals surface area (Å²) >= 11 is 6.02. The zero-order chi connectivity index (χ0) is 14.7. The molecule has 114 valence electrons. The first-order chi connectivity index (χ1) is 10.2. The Morgan fingerprint density at radius 3 is 2.90 bits per heavy atom. The highest BCUT2D eigenvalue weighted by Crippen LogP contribution is 2.33. The first kappa shape index (κ1) is 14.9. The molecule has 1 fully saturated rings. The van der Waals surface area contributed by atoms with Gasteiger partial charge in [-0.05, 0) is 74.4 Å². The number of aryl methyl sites for hydroxylation is 1. The van der Waals surface area contributed by atoms with Gasteiger partial charge < -0.3 is 10.6 Å². The fourth-order valence-electron chi connectivity index (χ4n) is 3.51. The van der Waals surface area contributed by atoms with Crippen LogP contribution in [0.2, 0.25) is 5.02 Å². The molecule has 1 amide bonds. The number of fused-ring (bicyclic) bond motifs is 1. The zero-order valence-corrected chi connectivity index (χ0v) is 13.1. The van der Waals surface area contributed by atoms with Gasteiger partial charge in [-0.2, -0.15) is 0 Å². The minimum Gasteiger partial charge on any atom is -0.349 e. The fraction of sp³-hybridized carbons (Fsp3) is 0.588. The van der Waals surface area contributed by atoms with Crippen LogP contribution in [0.5, 0.6) is 0 Å². The standard InChI is InChI=1S/C17H23ClN2O/c18-14-3-4-15-13(11-14)2-5-16(15)20-17(21)6-1-12-7-9-19-10-8-12/h3-4,11-12,16,19H,1-2,5-10H2,(H,20,21). The summed E-state index contributed by atoms with van der Waals surface area (Å²) in [6.45, 7) is 2.20. The van der Waals surface area contributed by atoms with E-state index in [1.807, 2.05) is 12.1 Å². The van der Waals surface area contributed by atoms with Gasteiger partial charge in [-0.1, -0.05) is 17.7 Å². The SMILES string of the molecule is O=C(CCC1CCNCC1)NC1CCc2cc(Cl)ccc21. The minimum absolute atomic E-state index is 0.179. The highest BCUT2D eigenvalue weighted by Gasteiger charge is 2.24. The van der Waals surface area contributed by atoms with E-state index in [1.54, 1.807) is 0 Å². The largest absolute Gasteiger partial charge is 0.349 e. The van der Waals surface area contributed by atoms with Gasteiger partial charge in [0.2, 0.25) is 5.91 Å². The van der Waals surface area contributed by atoms with Crippen LogP contribution >= 0.6 is 11.6 Å². The number of halogens is 1. The van der Waals surface area contributed by atoms with Gasteiger partial charge in [-0.3, -0.25) is 4.79 Å².